The second-order valence-electron chi connectivity index (χ2n) is 21.8. The maximum absolute atomic E-state index is 14.4. The van der Waals surface area contributed by atoms with Crippen molar-refractivity contribution in [1.82, 2.24) is 14.8 Å². The Morgan fingerprint density at radius 3 is 2.22 bits per heavy atom. The van der Waals surface area contributed by atoms with Gasteiger partial charge in [0.25, 0.3) is 0 Å². The lowest BCUT2D eigenvalue weighted by Crippen LogP contribution is -2.66. The largest absolute Gasteiger partial charge is 0.481 e. The van der Waals surface area contributed by atoms with E-state index in [0.717, 1.165) is 56.2 Å². The van der Waals surface area contributed by atoms with Gasteiger partial charge in [-0.05, 0) is 144 Å². The molecule has 1 aromatic rings. The Hall–Kier alpha value is -3.11. The molecule has 10 heteroatoms. The van der Waals surface area contributed by atoms with Crippen LogP contribution in [0.3, 0.4) is 0 Å². The van der Waals surface area contributed by atoms with Crippen LogP contribution >= 0.6 is 0 Å². The van der Waals surface area contributed by atoms with E-state index in [4.69, 9.17) is 4.74 Å². The molecule has 0 radical (unpaired) electrons. The zero-order valence-electron chi connectivity index (χ0n) is 37.6. The van der Waals surface area contributed by atoms with Gasteiger partial charge in [0, 0.05) is 30.0 Å². The van der Waals surface area contributed by atoms with E-state index in [1.54, 1.807) is 24.9 Å². The predicted molar refractivity (Wildman–Crippen MR) is 224 cm³/mol. The number of esters is 1. The van der Waals surface area contributed by atoms with Crippen LogP contribution in [0.2, 0.25) is 0 Å². The second kappa shape index (κ2) is 15.4. The molecule has 2 N–H and O–H groups in total. The number of carbonyl (C=O) groups is 4. The Kier molecular flexibility index (Phi) is 11.8. The number of Topliss-reactive ketones (excluding diaryl/α,β-unsaturated/α-hetero) is 1. The van der Waals surface area contributed by atoms with Crippen molar-refractivity contribution in [2.24, 2.45) is 56.2 Å². The smallest absolute Gasteiger partial charge is 0.309 e. The highest BCUT2D eigenvalue weighted by Crippen LogP contribution is 2.77. The van der Waals surface area contributed by atoms with E-state index in [1.165, 1.54) is 5.57 Å². The van der Waals surface area contributed by atoms with Crippen LogP contribution in [0.25, 0.3) is 0 Å². The van der Waals surface area contributed by atoms with Gasteiger partial charge in [-0.3, -0.25) is 24.2 Å². The van der Waals surface area contributed by atoms with Crippen LogP contribution in [0.5, 0.6) is 0 Å². The third kappa shape index (κ3) is 7.07. The summed E-state index contributed by atoms with van der Waals surface area (Å²) < 4.78 is 6.18. The molecule has 4 saturated carbocycles. The molecule has 5 aliphatic carbocycles. The molecule has 10 atom stereocenters. The van der Waals surface area contributed by atoms with E-state index >= 15 is 0 Å². The number of likely N-dealkylation sites (N-methyl/N-ethyl adjacent to an activating group) is 1. The van der Waals surface area contributed by atoms with Crippen LogP contribution in [-0.4, -0.2) is 88.0 Å². The number of aliphatic hydroxyl groups is 1. The van der Waals surface area contributed by atoms with Crippen LogP contribution < -0.4 is 0 Å². The van der Waals surface area contributed by atoms with Crippen molar-refractivity contribution in [2.45, 2.75) is 152 Å². The van der Waals surface area contributed by atoms with Gasteiger partial charge >= 0.3 is 11.9 Å². The monoisotopic (exact) mass is 804 g/mol. The minimum absolute atomic E-state index is 0.0113. The molecule has 0 spiro atoms. The molecule has 10 nitrogen and oxygen atoms in total. The number of hydrogen-bond donors (Lipinski definition) is 2. The van der Waals surface area contributed by atoms with Crippen LogP contribution in [0, 0.1) is 56.2 Å². The molecular weight excluding hydrogens is 731 g/mol. The first-order valence-corrected chi connectivity index (χ1v) is 22.1. The SMILES string of the molecule is CC(C)C1=C2[C@H]3CC[C@@H]4[C@@]5(C)CC[C@H](OC(=O)CC(C)(C)C(=O)O)C(C)(C)[C@@H]5CC[C@@]4(C)[C@]3(C)CCC2(C(O)CN(C(=O)CN(C)C)[C@H](C)c2ccccn2)CC1=O. The van der Waals surface area contributed by atoms with Gasteiger partial charge in [-0.1, -0.05) is 60.1 Å². The number of pyridine rings is 1. The van der Waals surface area contributed by atoms with Gasteiger partial charge in [-0.2, -0.15) is 0 Å². The molecule has 1 amide bonds. The highest BCUT2D eigenvalue weighted by molar-refractivity contribution is 6.01. The molecule has 5 aliphatic rings. The lowest BCUT2D eigenvalue weighted by molar-refractivity contribution is -0.235. The molecule has 0 saturated heterocycles. The van der Waals surface area contributed by atoms with Crippen LogP contribution in [0.1, 0.15) is 145 Å². The summed E-state index contributed by atoms with van der Waals surface area (Å²) in [4.78, 5) is 61.5. The number of amides is 1. The maximum atomic E-state index is 14.4. The molecule has 4 fully saturated rings. The molecule has 1 aromatic heterocycles. The van der Waals surface area contributed by atoms with E-state index in [9.17, 15) is 29.4 Å². The first-order chi connectivity index (χ1) is 26.9. The number of aromatic nitrogens is 1. The number of carbonyl (C=O) groups excluding carboxylic acids is 3. The van der Waals surface area contributed by atoms with E-state index in [2.05, 4.69) is 53.5 Å². The summed E-state index contributed by atoms with van der Waals surface area (Å²) in [6.45, 7) is 21.7. The summed E-state index contributed by atoms with van der Waals surface area (Å²) in [5.41, 5.74) is 0.549. The lowest BCUT2D eigenvalue weighted by atomic mass is 9.33. The number of carboxylic acid groups (broad SMARTS) is 1. The molecule has 58 heavy (non-hydrogen) atoms. The summed E-state index contributed by atoms with van der Waals surface area (Å²) in [6.07, 6.45) is 7.97. The fourth-order valence-electron chi connectivity index (χ4n) is 13.9. The Morgan fingerprint density at radius 1 is 0.931 bits per heavy atom. The van der Waals surface area contributed by atoms with Crippen molar-refractivity contribution in [2.75, 3.05) is 27.2 Å². The number of hydrogen-bond acceptors (Lipinski definition) is 8. The molecule has 0 aromatic carbocycles. The summed E-state index contributed by atoms with van der Waals surface area (Å²) >= 11 is 0. The van der Waals surface area contributed by atoms with Crippen molar-refractivity contribution < 1.29 is 34.1 Å². The minimum atomic E-state index is -1.19. The summed E-state index contributed by atoms with van der Waals surface area (Å²) in [7, 11) is 3.75. The van der Waals surface area contributed by atoms with Crippen molar-refractivity contribution in [3.63, 3.8) is 0 Å². The number of ether oxygens (including phenoxy) is 1. The third-order valence-electron chi connectivity index (χ3n) is 17.2. The molecular formula is C48H73N3O7. The first-order valence-electron chi connectivity index (χ1n) is 22.1. The highest BCUT2D eigenvalue weighted by Gasteiger charge is 2.71. The number of aliphatic hydroxyl groups excluding tert-OH is 1. The van der Waals surface area contributed by atoms with Crippen molar-refractivity contribution in [3.8, 4) is 0 Å². The summed E-state index contributed by atoms with van der Waals surface area (Å²) in [6, 6.07) is 5.36. The minimum Gasteiger partial charge on any atom is -0.481 e. The number of allylic oxidation sites excluding steroid dienone is 1. The Bertz CT molecular complexity index is 1800. The number of carboxylic acids is 1. The van der Waals surface area contributed by atoms with Crippen molar-refractivity contribution in [1.29, 1.82) is 0 Å². The standard InChI is InChI=1S/C48H73N3O7/c1-29(2)40-33(52)25-48(36(53)27-51(38(54)28-50(11)12)30(3)32-15-13-14-24-49-32)23-22-46(9)31(41(40)48)16-17-35-45(8)20-19-37(58-39(55)26-43(4,5)42(56)57)44(6,7)34(45)18-21-47(35,46)10/h13-15,24,29-31,34-37,53H,16-23,25-28H2,1-12H3,(H,56,57)/t30-,31-,34+,35-,36?,37+,45+,46-,47-,48?/m1/s1. The molecule has 6 rings (SSSR count). The average Bonchev–Trinajstić information content (AvgIpc) is 3.44. The van der Waals surface area contributed by atoms with Gasteiger partial charge in [0.05, 0.1) is 36.2 Å². The summed E-state index contributed by atoms with van der Waals surface area (Å²) in [5.74, 6) is -0.443. The third-order valence-corrected chi connectivity index (χ3v) is 17.2. The van der Waals surface area contributed by atoms with Crippen molar-refractivity contribution in [3.05, 3.63) is 41.2 Å². The fraction of sp³-hybridized carbons (Fsp3) is 0.771. The van der Waals surface area contributed by atoms with E-state index in [0.29, 0.717) is 18.3 Å². The Labute approximate surface area is 347 Å². The van der Waals surface area contributed by atoms with E-state index < -0.39 is 28.9 Å². The number of rotatable bonds is 12. The van der Waals surface area contributed by atoms with Crippen LogP contribution in [0.15, 0.2) is 35.5 Å². The molecule has 322 valence electrons. The van der Waals surface area contributed by atoms with Gasteiger partial charge in [0.1, 0.15) is 6.10 Å². The zero-order valence-corrected chi connectivity index (χ0v) is 37.6. The van der Waals surface area contributed by atoms with Crippen LogP contribution in [0.4, 0.5) is 0 Å². The maximum Gasteiger partial charge on any atom is 0.309 e. The average molecular weight is 804 g/mol. The lowest BCUT2D eigenvalue weighted by Gasteiger charge is -2.72. The first kappa shape index (κ1) is 44.4. The number of fused-ring (bicyclic) bond motifs is 7. The Morgan fingerprint density at radius 2 is 1.62 bits per heavy atom. The fourth-order valence-corrected chi connectivity index (χ4v) is 13.9. The Balaban J connectivity index is 1.31. The number of nitrogens with zero attached hydrogens (tertiary/aromatic N) is 3. The van der Waals surface area contributed by atoms with E-state index in [1.807, 2.05) is 44.1 Å². The summed E-state index contributed by atoms with van der Waals surface area (Å²) in [5, 5.41) is 22.4. The molecule has 0 bridgehead atoms. The van der Waals surface area contributed by atoms with Crippen LogP contribution in [-0.2, 0) is 23.9 Å². The van der Waals surface area contributed by atoms with E-state index in [-0.39, 0.29) is 83.3 Å². The quantitative estimate of drug-likeness (QED) is 0.200. The number of aliphatic carboxylic acids is 1. The van der Waals surface area contributed by atoms with Gasteiger partial charge in [0.15, 0.2) is 5.78 Å². The normalized spacial score (nSPS) is 35.4. The van der Waals surface area contributed by atoms with Gasteiger partial charge in [-0.15, -0.1) is 0 Å². The number of ketones is 1. The van der Waals surface area contributed by atoms with Gasteiger partial charge in [-0.25, -0.2) is 0 Å². The van der Waals surface area contributed by atoms with Crippen molar-refractivity contribution >= 4 is 23.6 Å². The topological polar surface area (TPSA) is 137 Å². The molecule has 2 unspecified atom stereocenters. The predicted octanol–water partition coefficient (Wildman–Crippen LogP) is 8.29. The van der Waals surface area contributed by atoms with Gasteiger partial charge < -0.3 is 24.7 Å². The highest BCUT2D eigenvalue weighted by atomic mass is 16.5. The zero-order chi connectivity index (χ0) is 43.0. The molecule has 1 heterocycles. The van der Waals surface area contributed by atoms with Gasteiger partial charge in [0.2, 0.25) is 5.91 Å². The molecule has 0 aliphatic heterocycles. The second-order valence-corrected chi connectivity index (χ2v) is 21.8.